The molecule has 0 saturated carbocycles. The van der Waals surface area contributed by atoms with E-state index in [4.69, 9.17) is 16.9 Å². The van der Waals surface area contributed by atoms with Crippen LogP contribution in [0.2, 0.25) is 5.02 Å². The second-order valence-electron chi connectivity index (χ2n) is 4.06. The maximum Gasteiger partial charge on any atom is 0.246 e. The quantitative estimate of drug-likeness (QED) is 0.935. The molecule has 100 valence electrons. The second kappa shape index (κ2) is 6.18. The van der Waals surface area contributed by atoms with Gasteiger partial charge in [0.25, 0.3) is 0 Å². The Morgan fingerprint density at radius 2 is 1.90 bits per heavy atom. The lowest BCUT2D eigenvalue weighted by molar-refractivity contribution is -0.116. The molecule has 2 aromatic rings. The summed E-state index contributed by atoms with van der Waals surface area (Å²) in [5.74, 6) is -2.32. The van der Waals surface area contributed by atoms with Crippen LogP contribution in [0.15, 0.2) is 48.5 Å². The van der Waals surface area contributed by atoms with Crippen LogP contribution in [0.4, 0.5) is 10.1 Å². The maximum absolute atomic E-state index is 13.7. The van der Waals surface area contributed by atoms with E-state index in [0.29, 0.717) is 5.56 Å². The first-order chi connectivity index (χ1) is 9.63. The monoisotopic (exact) mass is 288 g/mol. The van der Waals surface area contributed by atoms with Crippen molar-refractivity contribution in [2.45, 2.75) is 5.92 Å². The zero-order valence-corrected chi connectivity index (χ0v) is 11.1. The van der Waals surface area contributed by atoms with Gasteiger partial charge in [0.2, 0.25) is 5.91 Å². The van der Waals surface area contributed by atoms with E-state index in [1.807, 2.05) is 6.07 Å². The van der Waals surface area contributed by atoms with Gasteiger partial charge in [0, 0.05) is 0 Å². The van der Waals surface area contributed by atoms with Crippen molar-refractivity contribution in [1.29, 1.82) is 5.26 Å². The molecule has 0 heterocycles. The van der Waals surface area contributed by atoms with Crippen LogP contribution in [-0.4, -0.2) is 5.91 Å². The summed E-state index contributed by atoms with van der Waals surface area (Å²) in [6.45, 7) is 0. The summed E-state index contributed by atoms with van der Waals surface area (Å²) in [6, 6.07) is 14.8. The first-order valence-corrected chi connectivity index (χ1v) is 6.20. The molecule has 2 rings (SSSR count). The number of anilines is 1. The smallest absolute Gasteiger partial charge is 0.246 e. The van der Waals surface area contributed by atoms with Crippen molar-refractivity contribution in [3.8, 4) is 6.07 Å². The van der Waals surface area contributed by atoms with Crippen LogP contribution in [-0.2, 0) is 4.79 Å². The molecule has 20 heavy (non-hydrogen) atoms. The number of hydrogen-bond acceptors (Lipinski definition) is 2. The van der Waals surface area contributed by atoms with E-state index in [-0.39, 0.29) is 10.7 Å². The van der Waals surface area contributed by atoms with E-state index in [1.54, 1.807) is 30.3 Å². The lowest BCUT2D eigenvalue weighted by Crippen LogP contribution is -2.20. The predicted octanol–water partition coefficient (Wildman–Crippen LogP) is 3.72. The molecule has 0 saturated heterocycles. The highest BCUT2D eigenvalue weighted by Gasteiger charge is 2.21. The number of amides is 1. The Morgan fingerprint density at radius 1 is 1.20 bits per heavy atom. The van der Waals surface area contributed by atoms with Crippen molar-refractivity contribution in [3.05, 3.63) is 64.9 Å². The summed E-state index contributed by atoms with van der Waals surface area (Å²) < 4.78 is 13.7. The average molecular weight is 289 g/mol. The SMILES string of the molecule is N#CC(C(=O)Nc1cccc(Cl)c1F)c1ccccc1. The van der Waals surface area contributed by atoms with Crippen LogP contribution in [0.3, 0.4) is 0 Å². The fourth-order valence-corrected chi connectivity index (χ4v) is 1.91. The van der Waals surface area contributed by atoms with Crippen LogP contribution in [0.25, 0.3) is 0 Å². The van der Waals surface area contributed by atoms with E-state index in [9.17, 15) is 9.18 Å². The van der Waals surface area contributed by atoms with Gasteiger partial charge in [0.15, 0.2) is 11.7 Å². The number of hydrogen-bond donors (Lipinski definition) is 1. The fraction of sp³-hybridized carbons (Fsp3) is 0.0667. The van der Waals surface area contributed by atoms with E-state index in [2.05, 4.69) is 5.32 Å². The Morgan fingerprint density at radius 3 is 2.55 bits per heavy atom. The largest absolute Gasteiger partial charge is 0.322 e. The topological polar surface area (TPSA) is 52.9 Å². The molecule has 0 fully saturated rings. The van der Waals surface area contributed by atoms with Gasteiger partial charge in [-0.05, 0) is 17.7 Å². The molecule has 0 bridgehead atoms. The average Bonchev–Trinajstić information content (AvgIpc) is 2.46. The molecule has 0 spiro atoms. The van der Waals surface area contributed by atoms with Gasteiger partial charge >= 0.3 is 0 Å². The molecule has 1 amide bonds. The summed E-state index contributed by atoms with van der Waals surface area (Å²) in [6.07, 6.45) is 0. The Bertz CT molecular complexity index is 667. The van der Waals surface area contributed by atoms with Gasteiger partial charge in [-0.2, -0.15) is 5.26 Å². The molecule has 3 nitrogen and oxygen atoms in total. The van der Waals surface area contributed by atoms with E-state index < -0.39 is 17.6 Å². The fourth-order valence-electron chi connectivity index (χ4n) is 1.74. The van der Waals surface area contributed by atoms with Gasteiger partial charge in [-0.25, -0.2) is 4.39 Å². The van der Waals surface area contributed by atoms with Crippen LogP contribution >= 0.6 is 11.6 Å². The Labute approximate surface area is 120 Å². The number of carbonyl (C=O) groups excluding carboxylic acids is 1. The summed E-state index contributed by atoms with van der Waals surface area (Å²) >= 11 is 5.64. The van der Waals surface area contributed by atoms with Crippen molar-refractivity contribution in [2.75, 3.05) is 5.32 Å². The van der Waals surface area contributed by atoms with Crippen molar-refractivity contribution in [3.63, 3.8) is 0 Å². The van der Waals surface area contributed by atoms with Crippen LogP contribution in [0.5, 0.6) is 0 Å². The summed E-state index contributed by atoms with van der Waals surface area (Å²) in [5.41, 5.74) is 0.508. The minimum atomic E-state index is -1.01. The molecule has 0 radical (unpaired) electrons. The van der Waals surface area contributed by atoms with Gasteiger partial charge in [-0.3, -0.25) is 4.79 Å². The van der Waals surface area contributed by atoms with Gasteiger partial charge in [-0.15, -0.1) is 0 Å². The molecule has 1 unspecified atom stereocenters. The molecular weight excluding hydrogens is 279 g/mol. The molecule has 2 aromatic carbocycles. The van der Waals surface area contributed by atoms with Crippen molar-refractivity contribution in [1.82, 2.24) is 0 Å². The van der Waals surface area contributed by atoms with Gasteiger partial charge in [0.1, 0.15) is 0 Å². The minimum absolute atomic E-state index is 0.0429. The van der Waals surface area contributed by atoms with Crippen molar-refractivity contribution >= 4 is 23.2 Å². The predicted molar refractivity (Wildman–Crippen MR) is 74.8 cm³/mol. The second-order valence-corrected chi connectivity index (χ2v) is 4.47. The summed E-state index contributed by atoms with van der Waals surface area (Å²) in [4.78, 5) is 12.1. The normalized spacial score (nSPS) is 11.4. The number of nitriles is 1. The van der Waals surface area contributed by atoms with Gasteiger partial charge in [-0.1, -0.05) is 48.0 Å². The molecular formula is C15H10ClFN2O. The van der Waals surface area contributed by atoms with Crippen molar-refractivity contribution < 1.29 is 9.18 Å². The highest BCUT2D eigenvalue weighted by molar-refractivity contribution is 6.31. The lowest BCUT2D eigenvalue weighted by Gasteiger charge is -2.11. The minimum Gasteiger partial charge on any atom is -0.322 e. The molecule has 5 heteroatoms. The zero-order valence-electron chi connectivity index (χ0n) is 10.3. The van der Waals surface area contributed by atoms with Crippen LogP contribution < -0.4 is 5.32 Å². The summed E-state index contributed by atoms with van der Waals surface area (Å²) in [7, 11) is 0. The third-order valence-electron chi connectivity index (χ3n) is 2.73. The Hall–Kier alpha value is -2.38. The highest BCUT2D eigenvalue weighted by Crippen LogP contribution is 2.24. The Balaban J connectivity index is 2.23. The third kappa shape index (κ3) is 2.95. The highest BCUT2D eigenvalue weighted by atomic mass is 35.5. The summed E-state index contributed by atoms with van der Waals surface area (Å²) in [5, 5.41) is 11.4. The molecule has 0 aromatic heterocycles. The van der Waals surface area contributed by atoms with E-state index in [0.717, 1.165) is 0 Å². The molecule has 1 atom stereocenters. The van der Waals surface area contributed by atoms with E-state index in [1.165, 1.54) is 18.2 Å². The maximum atomic E-state index is 13.7. The van der Waals surface area contributed by atoms with Crippen LogP contribution in [0, 0.1) is 17.1 Å². The molecule has 1 N–H and O–H groups in total. The number of benzene rings is 2. The standard InChI is InChI=1S/C15H10ClFN2O/c16-12-7-4-8-13(14(12)17)19-15(20)11(9-18)10-5-2-1-3-6-10/h1-8,11H,(H,19,20). The molecule has 0 aliphatic heterocycles. The van der Waals surface area contributed by atoms with Crippen LogP contribution in [0.1, 0.15) is 11.5 Å². The molecule has 0 aliphatic rings. The third-order valence-corrected chi connectivity index (χ3v) is 3.03. The van der Waals surface area contributed by atoms with Gasteiger partial charge < -0.3 is 5.32 Å². The number of halogens is 2. The zero-order chi connectivity index (χ0) is 14.5. The first kappa shape index (κ1) is 14.0. The number of nitrogens with one attached hydrogen (secondary N) is 1. The van der Waals surface area contributed by atoms with Crippen molar-refractivity contribution in [2.24, 2.45) is 0 Å². The number of nitrogens with zero attached hydrogens (tertiary/aromatic N) is 1. The van der Waals surface area contributed by atoms with E-state index >= 15 is 0 Å². The number of carbonyl (C=O) groups is 1. The number of rotatable bonds is 3. The lowest BCUT2D eigenvalue weighted by atomic mass is 10.00. The Kier molecular flexibility index (Phi) is 4.34. The van der Waals surface area contributed by atoms with Gasteiger partial charge in [0.05, 0.1) is 16.8 Å². The first-order valence-electron chi connectivity index (χ1n) is 5.83. The molecule has 0 aliphatic carbocycles.